The molecule has 0 aliphatic heterocycles. The van der Waals surface area contributed by atoms with Gasteiger partial charge in [0.1, 0.15) is 5.76 Å². The van der Waals surface area contributed by atoms with Crippen LogP contribution in [0, 0.1) is 5.41 Å². The van der Waals surface area contributed by atoms with Gasteiger partial charge in [-0.05, 0) is 30.2 Å². The van der Waals surface area contributed by atoms with Crippen LogP contribution < -0.4 is 5.32 Å². The number of thioether (sulfide) groups is 1. The van der Waals surface area contributed by atoms with Gasteiger partial charge in [0.15, 0.2) is 5.76 Å². The number of carbonyl (C=O) groups is 1. The minimum atomic E-state index is -0.201. The van der Waals surface area contributed by atoms with E-state index in [9.17, 15) is 4.79 Å². The average Bonchev–Trinajstić information content (AvgIpc) is 2.75. The van der Waals surface area contributed by atoms with Crippen LogP contribution >= 0.6 is 11.8 Å². The fourth-order valence-corrected chi connectivity index (χ4v) is 1.96. The third-order valence-electron chi connectivity index (χ3n) is 2.69. The summed E-state index contributed by atoms with van der Waals surface area (Å²) in [5.41, 5.74) is -0.112. The molecule has 0 fully saturated rings. The number of hydrogen-bond donors (Lipinski definition) is 2. The van der Waals surface area contributed by atoms with Crippen molar-refractivity contribution in [2.45, 2.75) is 26.0 Å². The summed E-state index contributed by atoms with van der Waals surface area (Å²) in [5.74, 6) is 1.72. The minimum absolute atomic E-state index is 0.112. The molecule has 0 radical (unpaired) electrons. The molecule has 4 nitrogen and oxygen atoms in total. The van der Waals surface area contributed by atoms with Gasteiger partial charge in [0.25, 0.3) is 5.91 Å². The summed E-state index contributed by atoms with van der Waals surface area (Å²) in [6.45, 7) is 4.65. The molecule has 0 bridgehead atoms. The first-order chi connectivity index (χ1) is 8.48. The zero-order valence-corrected chi connectivity index (χ0v) is 12.0. The van der Waals surface area contributed by atoms with Gasteiger partial charge < -0.3 is 14.8 Å². The van der Waals surface area contributed by atoms with E-state index < -0.39 is 0 Å². The maximum atomic E-state index is 11.8. The summed E-state index contributed by atoms with van der Waals surface area (Å²) in [7, 11) is 0. The van der Waals surface area contributed by atoms with E-state index in [1.807, 2.05) is 26.2 Å². The Hall–Kier alpha value is -0.940. The molecule has 0 spiro atoms. The third-order valence-corrected chi connectivity index (χ3v) is 3.26. The molecule has 102 valence electrons. The Morgan fingerprint density at radius 1 is 1.50 bits per heavy atom. The molecule has 0 saturated heterocycles. The first-order valence-corrected chi connectivity index (χ1v) is 7.34. The maximum absolute atomic E-state index is 11.8. The Kier molecular flexibility index (Phi) is 5.75. The van der Waals surface area contributed by atoms with Gasteiger partial charge in [0, 0.05) is 13.2 Å². The molecule has 18 heavy (non-hydrogen) atoms. The van der Waals surface area contributed by atoms with Crippen molar-refractivity contribution >= 4 is 17.7 Å². The third kappa shape index (κ3) is 4.74. The zero-order valence-electron chi connectivity index (χ0n) is 11.2. The van der Waals surface area contributed by atoms with Gasteiger partial charge in [-0.25, -0.2) is 0 Å². The smallest absolute Gasteiger partial charge is 0.287 e. The molecule has 1 aromatic rings. The van der Waals surface area contributed by atoms with Crippen molar-refractivity contribution in [3.05, 3.63) is 23.7 Å². The van der Waals surface area contributed by atoms with Crippen LogP contribution in [-0.4, -0.2) is 30.4 Å². The van der Waals surface area contributed by atoms with Crippen molar-refractivity contribution in [2.75, 3.05) is 19.4 Å². The van der Waals surface area contributed by atoms with Crippen LogP contribution in [0.25, 0.3) is 0 Å². The number of hydrogen-bond acceptors (Lipinski definition) is 4. The molecule has 0 aliphatic carbocycles. The Labute approximate surface area is 112 Å². The van der Waals surface area contributed by atoms with Gasteiger partial charge >= 0.3 is 0 Å². The van der Waals surface area contributed by atoms with E-state index in [4.69, 9.17) is 9.52 Å². The number of furan rings is 1. The molecule has 1 aromatic heterocycles. The van der Waals surface area contributed by atoms with Crippen molar-refractivity contribution in [2.24, 2.45) is 5.41 Å². The summed E-state index contributed by atoms with van der Waals surface area (Å²) in [4.78, 5) is 11.8. The van der Waals surface area contributed by atoms with Gasteiger partial charge in [-0.2, -0.15) is 11.8 Å². The van der Waals surface area contributed by atoms with Crippen molar-refractivity contribution in [3.63, 3.8) is 0 Å². The number of aliphatic hydroxyl groups excluding tert-OH is 1. The van der Waals surface area contributed by atoms with E-state index in [0.717, 1.165) is 11.5 Å². The predicted octanol–water partition coefficient (Wildman–Crippen LogP) is 2.28. The predicted molar refractivity (Wildman–Crippen MR) is 73.7 cm³/mol. The zero-order chi connectivity index (χ0) is 13.6. The van der Waals surface area contributed by atoms with E-state index in [0.29, 0.717) is 18.7 Å². The summed E-state index contributed by atoms with van der Waals surface area (Å²) in [6, 6.07) is 3.52. The molecule has 2 N–H and O–H groups in total. The van der Waals surface area contributed by atoms with Crippen LogP contribution in [-0.2, 0) is 5.75 Å². The minimum Gasteiger partial charge on any atom is -0.455 e. The van der Waals surface area contributed by atoms with Crippen molar-refractivity contribution in [1.82, 2.24) is 5.32 Å². The molecule has 0 aliphatic rings. The van der Waals surface area contributed by atoms with Crippen LogP contribution in [0.4, 0.5) is 0 Å². The van der Waals surface area contributed by atoms with Gasteiger partial charge in [-0.1, -0.05) is 13.8 Å². The molecular weight excluding hydrogens is 250 g/mol. The molecule has 1 heterocycles. The van der Waals surface area contributed by atoms with Crippen molar-refractivity contribution in [1.29, 1.82) is 0 Å². The highest BCUT2D eigenvalue weighted by Gasteiger charge is 2.19. The number of carbonyl (C=O) groups excluding carboxylic acids is 1. The van der Waals surface area contributed by atoms with E-state index in [2.05, 4.69) is 5.32 Å². The molecule has 1 amide bonds. The lowest BCUT2D eigenvalue weighted by Crippen LogP contribution is -2.34. The molecule has 5 heteroatoms. The number of rotatable bonds is 7. The molecule has 0 unspecified atom stereocenters. The quantitative estimate of drug-likeness (QED) is 0.798. The second-order valence-corrected chi connectivity index (χ2v) is 5.89. The summed E-state index contributed by atoms with van der Waals surface area (Å²) in [5, 5.41) is 11.7. The highest BCUT2D eigenvalue weighted by molar-refractivity contribution is 7.97. The van der Waals surface area contributed by atoms with Gasteiger partial charge in [0.2, 0.25) is 0 Å². The Bertz CT molecular complexity index is 387. The second-order valence-electron chi connectivity index (χ2n) is 5.02. The molecule has 1 rings (SSSR count). The Morgan fingerprint density at radius 2 is 2.22 bits per heavy atom. The Balaban J connectivity index is 2.49. The summed E-state index contributed by atoms with van der Waals surface area (Å²) >= 11 is 1.65. The van der Waals surface area contributed by atoms with Crippen LogP contribution in [0.5, 0.6) is 0 Å². The number of aliphatic hydroxyl groups is 1. The first-order valence-electron chi connectivity index (χ1n) is 5.95. The fraction of sp³-hybridized carbons (Fsp3) is 0.615. The van der Waals surface area contributed by atoms with Crippen LogP contribution in [0.1, 0.15) is 36.6 Å². The van der Waals surface area contributed by atoms with Crippen LogP contribution in [0.3, 0.4) is 0 Å². The SMILES string of the molecule is CSCc1ccc(C(=O)NCC(C)(C)CCO)o1. The van der Waals surface area contributed by atoms with Crippen LogP contribution in [0.15, 0.2) is 16.5 Å². The van der Waals surface area contributed by atoms with Gasteiger partial charge in [0.05, 0.1) is 5.75 Å². The standard InChI is InChI=1S/C13H21NO3S/c1-13(2,6-7-15)9-14-12(16)11-5-4-10(17-11)8-18-3/h4-5,15H,6-9H2,1-3H3,(H,14,16). The lowest BCUT2D eigenvalue weighted by atomic mass is 9.90. The number of nitrogens with one attached hydrogen (secondary N) is 1. The van der Waals surface area contributed by atoms with E-state index in [-0.39, 0.29) is 17.9 Å². The summed E-state index contributed by atoms with van der Waals surface area (Å²) < 4.78 is 5.43. The molecular formula is C13H21NO3S. The summed E-state index contributed by atoms with van der Waals surface area (Å²) in [6.07, 6.45) is 2.64. The highest BCUT2D eigenvalue weighted by atomic mass is 32.2. The van der Waals surface area contributed by atoms with Gasteiger partial charge in [-0.15, -0.1) is 0 Å². The monoisotopic (exact) mass is 271 g/mol. The lowest BCUT2D eigenvalue weighted by molar-refractivity contribution is 0.0899. The fourth-order valence-electron chi connectivity index (χ4n) is 1.52. The lowest BCUT2D eigenvalue weighted by Gasteiger charge is -2.23. The van der Waals surface area contributed by atoms with Crippen molar-refractivity contribution < 1.29 is 14.3 Å². The normalized spacial score (nSPS) is 11.6. The van der Waals surface area contributed by atoms with Crippen LogP contribution in [0.2, 0.25) is 0 Å². The first kappa shape index (κ1) is 15.1. The van der Waals surface area contributed by atoms with Crippen molar-refractivity contribution in [3.8, 4) is 0 Å². The average molecular weight is 271 g/mol. The molecule has 0 saturated carbocycles. The topological polar surface area (TPSA) is 62.5 Å². The van der Waals surface area contributed by atoms with E-state index in [1.54, 1.807) is 17.8 Å². The Morgan fingerprint density at radius 3 is 2.83 bits per heavy atom. The second kappa shape index (κ2) is 6.85. The van der Waals surface area contributed by atoms with E-state index in [1.165, 1.54) is 0 Å². The molecule has 0 atom stereocenters. The van der Waals surface area contributed by atoms with Gasteiger partial charge in [-0.3, -0.25) is 4.79 Å². The molecule has 0 aromatic carbocycles. The largest absolute Gasteiger partial charge is 0.455 e. The van der Waals surface area contributed by atoms with E-state index >= 15 is 0 Å². The highest BCUT2D eigenvalue weighted by Crippen LogP contribution is 2.18. The number of amides is 1. The maximum Gasteiger partial charge on any atom is 0.287 e.